The van der Waals surface area contributed by atoms with E-state index in [-0.39, 0.29) is 0 Å². The molecule has 1 unspecified atom stereocenters. The first-order valence-electron chi connectivity index (χ1n) is 7.86. The van der Waals surface area contributed by atoms with Crippen LogP contribution in [-0.4, -0.2) is 58.5 Å². The van der Waals surface area contributed by atoms with E-state index in [1.54, 1.807) is 14.2 Å². The average molecular weight is 288 g/mol. The predicted molar refractivity (Wildman–Crippen MR) is 86.0 cm³/mol. The molecule has 0 saturated heterocycles. The number of hydrogen-bond donors (Lipinski definition) is 1. The quantitative estimate of drug-likeness (QED) is 0.599. The highest BCUT2D eigenvalue weighted by Gasteiger charge is 2.23. The lowest BCUT2D eigenvalue weighted by atomic mass is 9.76. The maximum absolute atomic E-state index is 5.75. The molecule has 0 amide bonds. The van der Waals surface area contributed by atoms with Crippen LogP contribution in [0.25, 0.3) is 0 Å². The van der Waals surface area contributed by atoms with Gasteiger partial charge in [0, 0.05) is 27.3 Å². The van der Waals surface area contributed by atoms with Gasteiger partial charge in [-0.2, -0.15) is 0 Å². The van der Waals surface area contributed by atoms with Crippen LogP contribution in [0.15, 0.2) is 0 Å². The number of rotatable bonds is 12. The van der Waals surface area contributed by atoms with Gasteiger partial charge < -0.3 is 15.2 Å². The van der Waals surface area contributed by atoms with Gasteiger partial charge in [0.15, 0.2) is 0 Å². The molecule has 1 atom stereocenters. The van der Waals surface area contributed by atoms with Gasteiger partial charge in [-0.3, -0.25) is 4.90 Å². The zero-order valence-electron chi connectivity index (χ0n) is 14.3. The highest BCUT2D eigenvalue weighted by Crippen LogP contribution is 2.32. The molecule has 0 aliphatic rings. The smallest absolute Gasteiger partial charge is 0.0589 e. The van der Waals surface area contributed by atoms with Gasteiger partial charge in [-0.05, 0) is 43.7 Å². The van der Waals surface area contributed by atoms with Crippen LogP contribution >= 0.6 is 0 Å². The molecule has 0 spiro atoms. The topological polar surface area (TPSA) is 47.7 Å². The van der Waals surface area contributed by atoms with Crippen LogP contribution < -0.4 is 5.73 Å². The fourth-order valence-corrected chi connectivity index (χ4v) is 2.55. The Kier molecular flexibility index (Phi) is 11.4. The summed E-state index contributed by atoms with van der Waals surface area (Å²) >= 11 is 0. The lowest BCUT2D eigenvalue weighted by Gasteiger charge is -2.31. The molecule has 0 aromatic heterocycles. The first kappa shape index (κ1) is 19.8. The number of ether oxygens (including phenoxy) is 2. The van der Waals surface area contributed by atoms with Gasteiger partial charge in [-0.25, -0.2) is 0 Å². The van der Waals surface area contributed by atoms with E-state index in [2.05, 4.69) is 25.7 Å². The minimum absolute atomic E-state index is 0.350. The molecule has 4 heteroatoms. The molecular weight excluding hydrogens is 252 g/mol. The Morgan fingerprint density at radius 1 is 0.950 bits per heavy atom. The second kappa shape index (κ2) is 11.5. The van der Waals surface area contributed by atoms with Crippen LogP contribution in [0.5, 0.6) is 0 Å². The molecular formula is C16H36N2O2. The van der Waals surface area contributed by atoms with Crippen molar-refractivity contribution < 1.29 is 9.47 Å². The van der Waals surface area contributed by atoms with Crippen LogP contribution in [0.2, 0.25) is 0 Å². The third kappa shape index (κ3) is 9.70. The molecule has 122 valence electrons. The average Bonchev–Trinajstić information content (AvgIpc) is 2.39. The molecule has 0 aromatic carbocycles. The highest BCUT2D eigenvalue weighted by atomic mass is 16.5. The molecule has 0 radical (unpaired) electrons. The summed E-state index contributed by atoms with van der Waals surface area (Å²) in [6.07, 6.45) is 3.59. The molecule has 0 heterocycles. The van der Waals surface area contributed by atoms with Crippen molar-refractivity contribution in [1.82, 2.24) is 4.90 Å². The normalized spacial score (nSPS) is 13.9. The first-order chi connectivity index (χ1) is 9.45. The van der Waals surface area contributed by atoms with E-state index in [1.165, 1.54) is 12.8 Å². The summed E-state index contributed by atoms with van der Waals surface area (Å²) in [6, 6.07) is 0. The molecule has 0 rings (SSSR count). The SMILES string of the molecule is COCCN(CCCC(CCN)C(C)(C)C)CCOC. The minimum atomic E-state index is 0.350. The van der Waals surface area contributed by atoms with Crippen LogP contribution in [0, 0.1) is 11.3 Å². The van der Waals surface area contributed by atoms with Crippen LogP contribution in [-0.2, 0) is 9.47 Å². The monoisotopic (exact) mass is 288 g/mol. The lowest BCUT2D eigenvalue weighted by Crippen LogP contribution is -2.32. The summed E-state index contributed by atoms with van der Waals surface area (Å²) in [4.78, 5) is 2.43. The highest BCUT2D eigenvalue weighted by molar-refractivity contribution is 4.75. The van der Waals surface area contributed by atoms with Gasteiger partial charge in [-0.15, -0.1) is 0 Å². The van der Waals surface area contributed by atoms with Crippen LogP contribution in [0.4, 0.5) is 0 Å². The van der Waals surface area contributed by atoms with Gasteiger partial charge in [0.1, 0.15) is 0 Å². The van der Waals surface area contributed by atoms with Crippen molar-refractivity contribution >= 4 is 0 Å². The molecule has 0 bridgehead atoms. The Morgan fingerprint density at radius 2 is 1.50 bits per heavy atom. The van der Waals surface area contributed by atoms with E-state index >= 15 is 0 Å². The maximum atomic E-state index is 5.75. The van der Waals surface area contributed by atoms with Crippen molar-refractivity contribution in [2.45, 2.75) is 40.0 Å². The third-order valence-corrected chi connectivity index (χ3v) is 3.99. The second-order valence-corrected chi connectivity index (χ2v) is 6.61. The Labute approximate surface area is 126 Å². The zero-order valence-corrected chi connectivity index (χ0v) is 14.3. The molecule has 0 aliphatic carbocycles. The first-order valence-corrected chi connectivity index (χ1v) is 7.86. The summed E-state index contributed by atoms with van der Waals surface area (Å²) in [6.45, 7) is 12.4. The van der Waals surface area contributed by atoms with E-state index in [1.807, 2.05) is 0 Å². The standard InChI is InChI=1S/C16H36N2O2/c1-16(2,3)15(8-9-17)7-6-10-18(11-13-19-4)12-14-20-5/h15H,6-14,17H2,1-5H3. The maximum Gasteiger partial charge on any atom is 0.0589 e. The number of nitrogens with two attached hydrogens (primary N) is 1. The van der Waals surface area contributed by atoms with E-state index in [0.717, 1.165) is 45.8 Å². The van der Waals surface area contributed by atoms with Crippen molar-refractivity contribution in [2.24, 2.45) is 17.1 Å². The van der Waals surface area contributed by atoms with E-state index in [4.69, 9.17) is 15.2 Å². The fraction of sp³-hybridized carbons (Fsp3) is 1.00. The third-order valence-electron chi connectivity index (χ3n) is 3.99. The van der Waals surface area contributed by atoms with Crippen LogP contribution in [0.3, 0.4) is 0 Å². The number of nitrogens with zero attached hydrogens (tertiary/aromatic N) is 1. The van der Waals surface area contributed by atoms with Gasteiger partial charge in [0.05, 0.1) is 13.2 Å². The summed E-state index contributed by atoms with van der Waals surface area (Å²) in [5.74, 6) is 0.708. The summed E-state index contributed by atoms with van der Waals surface area (Å²) in [5, 5.41) is 0. The molecule has 20 heavy (non-hydrogen) atoms. The largest absolute Gasteiger partial charge is 0.383 e. The van der Waals surface area contributed by atoms with Gasteiger partial charge >= 0.3 is 0 Å². The second-order valence-electron chi connectivity index (χ2n) is 6.61. The Balaban J connectivity index is 4.10. The van der Waals surface area contributed by atoms with E-state index in [9.17, 15) is 0 Å². The molecule has 0 aromatic rings. The molecule has 4 nitrogen and oxygen atoms in total. The molecule has 0 saturated carbocycles. The van der Waals surface area contributed by atoms with Gasteiger partial charge in [0.25, 0.3) is 0 Å². The summed E-state index contributed by atoms with van der Waals surface area (Å²) < 4.78 is 10.3. The van der Waals surface area contributed by atoms with Crippen molar-refractivity contribution in [2.75, 3.05) is 53.6 Å². The zero-order chi connectivity index (χ0) is 15.4. The Bertz CT molecular complexity index is 209. The Morgan fingerprint density at radius 3 is 1.90 bits per heavy atom. The molecule has 2 N–H and O–H groups in total. The van der Waals surface area contributed by atoms with Crippen molar-refractivity contribution in [1.29, 1.82) is 0 Å². The van der Waals surface area contributed by atoms with E-state index in [0.29, 0.717) is 11.3 Å². The molecule has 0 fully saturated rings. The minimum Gasteiger partial charge on any atom is -0.383 e. The predicted octanol–water partition coefficient (Wildman–Crippen LogP) is 2.37. The van der Waals surface area contributed by atoms with Crippen LogP contribution in [0.1, 0.15) is 40.0 Å². The summed E-state index contributed by atoms with van der Waals surface area (Å²) in [7, 11) is 3.51. The lowest BCUT2D eigenvalue weighted by molar-refractivity contribution is 0.109. The van der Waals surface area contributed by atoms with Crippen molar-refractivity contribution in [3.05, 3.63) is 0 Å². The fourth-order valence-electron chi connectivity index (χ4n) is 2.55. The number of methoxy groups -OCH3 is 2. The van der Waals surface area contributed by atoms with E-state index < -0.39 is 0 Å². The van der Waals surface area contributed by atoms with Crippen molar-refractivity contribution in [3.63, 3.8) is 0 Å². The summed E-state index contributed by atoms with van der Waals surface area (Å²) in [5.41, 5.74) is 6.10. The van der Waals surface area contributed by atoms with Crippen molar-refractivity contribution in [3.8, 4) is 0 Å². The molecule has 0 aliphatic heterocycles. The van der Waals surface area contributed by atoms with Gasteiger partial charge in [-0.1, -0.05) is 20.8 Å². The van der Waals surface area contributed by atoms with Gasteiger partial charge in [0.2, 0.25) is 0 Å². The number of hydrogen-bond acceptors (Lipinski definition) is 4. The Hall–Kier alpha value is -0.160.